The molecule has 0 fully saturated rings. The number of sulfonamides is 1. The fourth-order valence-electron chi connectivity index (χ4n) is 2.09. The molecule has 0 bridgehead atoms. The molecule has 140 valence electrons. The molecule has 0 aliphatic heterocycles. The van der Waals surface area contributed by atoms with Crippen LogP contribution in [0.4, 0.5) is 0 Å². The lowest BCUT2D eigenvalue weighted by Gasteiger charge is -2.13. The van der Waals surface area contributed by atoms with Gasteiger partial charge in [-0.15, -0.1) is 0 Å². The quantitative estimate of drug-likeness (QED) is 0.368. The number of thiocarbonyl (C=S) groups is 1. The summed E-state index contributed by atoms with van der Waals surface area (Å²) < 4.78 is 33.2. The second-order valence-corrected chi connectivity index (χ2v) is 7.44. The van der Waals surface area contributed by atoms with Crippen molar-refractivity contribution in [1.29, 1.82) is 0 Å². The molecule has 8 nitrogen and oxygen atoms in total. The second-order valence-electron chi connectivity index (χ2n) is 5.47. The highest BCUT2D eigenvalue weighted by atomic mass is 32.2. The van der Waals surface area contributed by atoms with E-state index in [0.717, 1.165) is 5.56 Å². The fourth-order valence-corrected chi connectivity index (χ4v) is 2.86. The Morgan fingerprint density at radius 2 is 2.04 bits per heavy atom. The second kappa shape index (κ2) is 8.90. The van der Waals surface area contributed by atoms with Crippen LogP contribution in [-0.4, -0.2) is 39.5 Å². The highest BCUT2D eigenvalue weighted by molar-refractivity contribution is 7.89. The zero-order valence-electron chi connectivity index (χ0n) is 14.3. The average Bonchev–Trinajstić information content (AvgIpc) is 3.03. The number of hydrazone groups is 1. The molecule has 2 rings (SSSR count). The zero-order valence-corrected chi connectivity index (χ0v) is 15.9. The normalized spacial score (nSPS) is 12.9. The summed E-state index contributed by atoms with van der Waals surface area (Å²) in [5, 5.41) is 12.5. The van der Waals surface area contributed by atoms with Crippen molar-refractivity contribution in [2.45, 2.75) is 17.9 Å². The van der Waals surface area contributed by atoms with Gasteiger partial charge in [0.25, 0.3) is 0 Å². The minimum absolute atomic E-state index is 0.0440. The molecule has 0 amide bonds. The molecule has 4 N–H and O–H groups in total. The number of furan rings is 1. The number of nitrogens with two attached hydrogens (primary N) is 1. The van der Waals surface area contributed by atoms with Gasteiger partial charge in [-0.2, -0.15) is 5.10 Å². The number of primary sulfonamides is 1. The van der Waals surface area contributed by atoms with Crippen LogP contribution in [0.2, 0.25) is 0 Å². The first-order chi connectivity index (χ1) is 12.3. The molecule has 1 aromatic carbocycles. The molecule has 0 radical (unpaired) electrons. The molecule has 1 atom stereocenters. The summed E-state index contributed by atoms with van der Waals surface area (Å²) in [5.41, 5.74) is 3.41. The van der Waals surface area contributed by atoms with Gasteiger partial charge in [-0.1, -0.05) is 0 Å². The van der Waals surface area contributed by atoms with E-state index in [0.29, 0.717) is 23.2 Å². The lowest BCUT2D eigenvalue weighted by molar-refractivity contribution is 0.179. The molecule has 26 heavy (non-hydrogen) atoms. The van der Waals surface area contributed by atoms with Crippen LogP contribution in [0.3, 0.4) is 0 Å². The summed E-state index contributed by atoms with van der Waals surface area (Å²) in [5.74, 6) is 1.08. The van der Waals surface area contributed by atoms with Crippen molar-refractivity contribution in [2.24, 2.45) is 10.2 Å². The zero-order chi connectivity index (χ0) is 19.2. The number of methoxy groups -OCH3 is 1. The summed E-state index contributed by atoms with van der Waals surface area (Å²) in [4.78, 5) is 0.0440. The monoisotopic (exact) mass is 396 g/mol. The van der Waals surface area contributed by atoms with E-state index in [9.17, 15) is 8.42 Å². The third kappa shape index (κ3) is 5.92. The molecule has 1 aromatic heterocycles. The predicted molar refractivity (Wildman–Crippen MR) is 103 cm³/mol. The summed E-state index contributed by atoms with van der Waals surface area (Å²) >= 11 is 5.10. The van der Waals surface area contributed by atoms with Crippen molar-refractivity contribution in [3.05, 3.63) is 42.2 Å². The molecule has 0 spiro atoms. The number of hydrogen-bond acceptors (Lipinski definition) is 6. The first kappa shape index (κ1) is 20.0. The minimum atomic E-state index is -3.72. The maximum atomic E-state index is 11.3. The van der Waals surface area contributed by atoms with Crippen LogP contribution in [0.1, 0.15) is 12.7 Å². The predicted octanol–water partition coefficient (Wildman–Crippen LogP) is 1.43. The number of hydrogen-bond donors (Lipinski definition) is 3. The minimum Gasteiger partial charge on any atom is -0.455 e. The highest BCUT2D eigenvalue weighted by Gasteiger charge is 2.09. The van der Waals surface area contributed by atoms with Gasteiger partial charge in [0.15, 0.2) is 5.11 Å². The summed E-state index contributed by atoms with van der Waals surface area (Å²) in [6.07, 6.45) is 1.48. The van der Waals surface area contributed by atoms with Gasteiger partial charge in [0, 0.05) is 18.7 Å². The van der Waals surface area contributed by atoms with Crippen LogP contribution in [0.15, 0.2) is 50.8 Å². The molecule has 0 aliphatic rings. The number of ether oxygens (including phenoxy) is 1. The van der Waals surface area contributed by atoms with Crippen LogP contribution < -0.4 is 15.9 Å². The molecular weight excluding hydrogens is 376 g/mol. The van der Waals surface area contributed by atoms with Gasteiger partial charge < -0.3 is 14.5 Å². The van der Waals surface area contributed by atoms with E-state index in [4.69, 9.17) is 26.5 Å². The Bertz CT molecular complexity index is 876. The van der Waals surface area contributed by atoms with Gasteiger partial charge >= 0.3 is 0 Å². The Balaban J connectivity index is 1.96. The van der Waals surface area contributed by atoms with Crippen molar-refractivity contribution in [2.75, 3.05) is 13.7 Å². The first-order valence-corrected chi connectivity index (χ1v) is 9.56. The van der Waals surface area contributed by atoms with Crippen LogP contribution in [0.25, 0.3) is 11.3 Å². The van der Waals surface area contributed by atoms with E-state index in [1.54, 1.807) is 31.4 Å². The van der Waals surface area contributed by atoms with Gasteiger partial charge in [0.2, 0.25) is 10.0 Å². The van der Waals surface area contributed by atoms with Crippen LogP contribution in [0, 0.1) is 0 Å². The van der Waals surface area contributed by atoms with Crippen LogP contribution in [0.5, 0.6) is 0 Å². The SMILES string of the molecule is COC[C@H](C)NC(=S)N/N=C\c1ccc(-c2ccc(S(N)(=O)=O)cc2)o1. The number of rotatable bonds is 7. The molecule has 2 aromatic rings. The third-order valence-electron chi connectivity index (χ3n) is 3.25. The third-order valence-corrected chi connectivity index (χ3v) is 4.38. The van der Waals surface area contributed by atoms with Gasteiger partial charge in [0.05, 0.1) is 17.7 Å². The molecule has 0 saturated heterocycles. The summed E-state index contributed by atoms with van der Waals surface area (Å²) in [6, 6.07) is 9.64. The highest BCUT2D eigenvalue weighted by Crippen LogP contribution is 2.22. The smallest absolute Gasteiger partial charge is 0.238 e. The van der Waals surface area contributed by atoms with E-state index in [-0.39, 0.29) is 10.9 Å². The average molecular weight is 396 g/mol. The maximum Gasteiger partial charge on any atom is 0.238 e. The number of nitrogens with zero attached hydrogens (tertiary/aromatic N) is 1. The fraction of sp³-hybridized carbons (Fsp3) is 0.250. The van der Waals surface area contributed by atoms with Crippen LogP contribution in [-0.2, 0) is 14.8 Å². The van der Waals surface area contributed by atoms with Gasteiger partial charge in [-0.25, -0.2) is 13.6 Å². The lowest BCUT2D eigenvalue weighted by atomic mass is 10.2. The Kier molecular flexibility index (Phi) is 6.86. The van der Waals surface area contributed by atoms with Crippen molar-refractivity contribution < 1.29 is 17.6 Å². The molecular formula is C16H20N4O4S2. The van der Waals surface area contributed by atoms with Crippen molar-refractivity contribution >= 4 is 33.6 Å². The first-order valence-electron chi connectivity index (χ1n) is 7.61. The summed E-state index contributed by atoms with van der Waals surface area (Å²) in [6.45, 7) is 2.46. The van der Waals surface area contributed by atoms with Crippen molar-refractivity contribution in [3.8, 4) is 11.3 Å². The Morgan fingerprint density at radius 1 is 1.35 bits per heavy atom. The van der Waals surface area contributed by atoms with Gasteiger partial charge in [-0.3, -0.25) is 5.43 Å². The topological polar surface area (TPSA) is 119 Å². The van der Waals surface area contributed by atoms with E-state index in [2.05, 4.69) is 15.8 Å². The standard InChI is InChI=1S/C16H20N4O4S2/c1-11(10-23-2)19-16(25)20-18-9-13-5-8-15(24-13)12-3-6-14(7-4-12)26(17,21)22/h3-9,11H,10H2,1-2H3,(H2,17,21,22)(H2,19,20,25)/b18-9-/t11-/m0/s1. The Labute approximate surface area is 157 Å². The molecule has 0 unspecified atom stereocenters. The number of nitrogens with one attached hydrogen (secondary N) is 2. The van der Waals surface area contributed by atoms with Crippen molar-refractivity contribution in [3.63, 3.8) is 0 Å². The Hall–Kier alpha value is -2.27. The molecule has 0 aliphatic carbocycles. The van der Waals surface area contributed by atoms with Crippen molar-refractivity contribution in [1.82, 2.24) is 10.7 Å². The van der Waals surface area contributed by atoms with E-state index < -0.39 is 10.0 Å². The van der Waals surface area contributed by atoms with Gasteiger partial charge in [0.1, 0.15) is 11.5 Å². The largest absolute Gasteiger partial charge is 0.455 e. The maximum absolute atomic E-state index is 11.3. The van der Waals surface area contributed by atoms with E-state index >= 15 is 0 Å². The number of benzene rings is 1. The summed E-state index contributed by atoms with van der Waals surface area (Å²) in [7, 11) is -2.10. The van der Waals surface area contributed by atoms with Gasteiger partial charge in [-0.05, 0) is 55.5 Å². The van der Waals surface area contributed by atoms with E-state index in [1.807, 2.05) is 6.92 Å². The lowest BCUT2D eigenvalue weighted by Crippen LogP contribution is -2.40. The van der Waals surface area contributed by atoms with E-state index in [1.165, 1.54) is 18.3 Å². The molecule has 1 heterocycles. The van der Waals surface area contributed by atoms with Crippen LogP contribution >= 0.6 is 12.2 Å². The molecule has 10 heteroatoms. The molecule has 0 saturated carbocycles. The Morgan fingerprint density at radius 3 is 2.65 bits per heavy atom.